The number of hydrogen-bond donors (Lipinski definition) is 2. The van der Waals surface area contributed by atoms with Crippen LogP contribution in [0.25, 0.3) is 0 Å². The van der Waals surface area contributed by atoms with Gasteiger partial charge < -0.3 is 24.7 Å². The lowest BCUT2D eigenvalue weighted by Gasteiger charge is -2.39. The smallest absolute Gasteiger partial charge is 0.230 e. The van der Waals surface area contributed by atoms with Crippen LogP contribution in [0.15, 0.2) is 0 Å². The zero-order valence-electron chi connectivity index (χ0n) is 19.6. The van der Waals surface area contributed by atoms with Gasteiger partial charge in [-0.15, -0.1) is 0 Å². The maximum atomic E-state index is 13.6. The highest BCUT2D eigenvalue weighted by molar-refractivity contribution is 5.80. The first-order chi connectivity index (χ1) is 14.9. The summed E-state index contributed by atoms with van der Waals surface area (Å²) in [6, 6.07) is 0. The Labute approximate surface area is 188 Å². The number of rotatable bonds is 6. The molecule has 4 aliphatic rings. The molecule has 3 saturated carbocycles. The molecule has 3 aliphatic carbocycles. The van der Waals surface area contributed by atoms with Crippen LogP contribution in [0.3, 0.4) is 0 Å². The molecule has 7 atom stereocenters. The standard InChI is InChI=1S/C25H44N2O4/c1-26(2)13-18-8-9-19-14-27(15-20(19)10-18)25(30)24-22(29)11-21(28)12-23(24)31-16-17-6-4-3-5-7-17/h17-24,28-29H,3-16H2,1-2H3. The Balaban J connectivity index is 1.36. The van der Waals surface area contributed by atoms with Gasteiger partial charge in [-0.1, -0.05) is 19.3 Å². The van der Waals surface area contributed by atoms with Crippen molar-refractivity contribution < 1.29 is 19.7 Å². The third-order valence-corrected chi connectivity index (χ3v) is 8.48. The first kappa shape index (κ1) is 23.5. The molecule has 1 aliphatic heterocycles. The van der Waals surface area contributed by atoms with E-state index < -0.39 is 18.1 Å². The summed E-state index contributed by atoms with van der Waals surface area (Å²) in [4.78, 5) is 17.9. The number of fused-ring (bicyclic) bond motifs is 1. The predicted octanol–water partition coefficient (Wildman–Crippen LogP) is 2.52. The van der Waals surface area contributed by atoms with Crippen molar-refractivity contribution in [3.63, 3.8) is 0 Å². The first-order valence-electron chi connectivity index (χ1n) is 12.8. The second-order valence-corrected chi connectivity index (χ2v) is 11.3. The maximum Gasteiger partial charge on any atom is 0.230 e. The Morgan fingerprint density at radius 3 is 2.42 bits per heavy atom. The highest BCUT2D eigenvalue weighted by Crippen LogP contribution is 2.41. The summed E-state index contributed by atoms with van der Waals surface area (Å²) in [5.41, 5.74) is 0. The molecule has 6 heteroatoms. The number of hydrogen-bond acceptors (Lipinski definition) is 5. The zero-order valence-corrected chi connectivity index (χ0v) is 19.6. The highest BCUT2D eigenvalue weighted by Gasteiger charge is 2.47. The molecule has 7 unspecified atom stereocenters. The zero-order chi connectivity index (χ0) is 22.0. The van der Waals surface area contributed by atoms with Crippen LogP contribution in [0.1, 0.15) is 64.2 Å². The Morgan fingerprint density at radius 1 is 0.935 bits per heavy atom. The fraction of sp³-hybridized carbons (Fsp3) is 0.960. The molecule has 1 heterocycles. The second-order valence-electron chi connectivity index (χ2n) is 11.3. The van der Waals surface area contributed by atoms with Gasteiger partial charge in [0.1, 0.15) is 0 Å². The third-order valence-electron chi connectivity index (χ3n) is 8.48. The first-order valence-corrected chi connectivity index (χ1v) is 12.8. The number of ether oxygens (including phenoxy) is 1. The molecule has 178 valence electrons. The number of aliphatic hydroxyl groups excluding tert-OH is 2. The van der Waals surface area contributed by atoms with Crippen molar-refractivity contribution in [2.75, 3.05) is 40.3 Å². The van der Waals surface area contributed by atoms with Gasteiger partial charge in [-0.25, -0.2) is 0 Å². The van der Waals surface area contributed by atoms with Gasteiger partial charge >= 0.3 is 0 Å². The van der Waals surface area contributed by atoms with Gasteiger partial charge in [0.15, 0.2) is 0 Å². The second kappa shape index (κ2) is 10.5. The molecule has 0 aromatic heterocycles. The summed E-state index contributed by atoms with van der Waals surface area (Å²) in [6.45, 7) is 3.45. The van der Waals surface area contributed by atoms with Crippen LogP contribution in [0, 0.1) is 29.6 Å². The van der Waals surface area contributed by atoms with Crippen molar-refractivity contribution in [3.05, 3.63) is 0 Å². The minimum Gasteiger partial charge on any atom is -0.393 e. The summed E-state index contributed by atoms with van der Waals surface area (Å²) >= 11 is 0. The molecular weight excluding hydrogens is 392 g/mol. The number of carbonyl (C=O) groups excluding carboxylic acids is 1. The summed E-state index contributed by atoms with van der Waals surface area (Å²) in [5, 5.41) is 21.0. The fourth-order valence-electron chi connectivity index (χ4n) is 6.89. The average molecular weight is 437 g/mol. The van der Waals surface area contributed by atoms with E-state index in [0.29, 0.717) is 30.8 Å². The average Bonchev–Trinajstić information content (AvgIpc) is 3.15. The summed E-state index contributed by atoms with van der Waals surface area (Å²) in [7, 11) is 4.28. The molecule has 31 heavy (non-hydrogen) atoms. The molecule has 0 aromatic carbocycles. The Kier molecular flexibility index (Phi) is 7.95. The quantitative estimate of drug-likeness (QED) is 0.669. The van der Waals surface area contributed by atoms with Gasteiger partial charge in [0, 0.05) is 39.1 Å². The van der Waals surface area contributed by atoms with Crippen molar-refractivity contribution in [1.29, 1.82) is 0 Å². The molecule has 1 saturated heterocycles. The molecule has 0 aromatic rings. The highest BCUT2D eigenvalue weighted by atomic mass is 16.5. The minimum absolute atomic E-state index is 0.0617. The lowest BCUT2D eigenvalue weighted by molar-refractivity contribution is -0.158. The van der Waals surface area contributed by atoms with Gasteiger partial charge in [0.05, 0.1) is 24.2 Å². The Hall–Kier alpha value is -0.690. The van der Waals surface area contributed by atoms with Crippen LogP contribution in [0.2, 0.25) is 0 Å². The van der Waals surface area contributed by atoms with Crippen molar-refractivity contribution in [1.82, 2.24) is 9.80 Å². The normalized spacial score (nSPS) is 39.6. The molecule has 4 rings (SSSR count). The largest absolute Gasteiger partial charge is 0.393 e. The van der Waals surface area contributed by atoms with Crippen LogP contribution in [-0.2, 0) is 9.53 Å². The minimum atomic E-state index is -0.809. The summed E-state index contributed by atoms with van der Waals surface area (Å²) in [5.74, 6) is 2.03. The Bertz CT molecular complexity index is 594. The van der Waals surface area contributed by atoms with E-state index in [1.807, 2.05) is 4.90 Å². The molecule has 1 amide bonds. The van der Waals surface area contributed by atoms with Crippen LogP contribution in [0.4, 0.5) is 0 Å². The van der Waals surface area contributed by atoms with Crippen LogP contribution < -0.4 is 0 Å². The molecular formula is C25H44N2O4. The van der Waals surface area contributed by atoms with E-state index in [-0.39, 0.29) is 18.4 Å². The van der Waals surface area contributed by atoms with Crippen LogP contribution >= 0.6 is 0 Å². The Morgan fingerprint density at radius 2 is 1.68 bits per heavy atom. The summed E-state index contributed by atoms with van der Waals surface area (Å²) in [6.07, 6.45) is 8.89. The number of aliphatic hydroxyl groups is 2. The van der Waals surface area contributed by atoms with E-state index in [1.165, 1.54) is 51.4 Å². The van der Waals surface area contributed by atoms with E-state index in [4.69, 9.17) is 4.74 Å². The number of carbonyl (C=O) groups is 1. The van der Waals surface area contributed by atoms with E-state index in [1.54, 1.807) is 0 Å². The van der Waals surface area contributed by atoms with E-state index >= 15 is 0 Å². The van der Waals surface area contributed by atoms with E-state index in [0.717, 1.165) is 25.6 Å². The van der Waals surface area contributed by atoms with Gasteiger partial charge in [-0.3, -0.25) is 4.79 Å². The lowest BCUT2D eigenvalue weighted by Crippen LogP contribution is -2.52. The van der Waals surface area contributed by atoms with Gasteiger partial charge in [-0.05, 0) is 69.9 Å². The third kappa shape index (κ3) is 5.82. The molecule has 2 N–H and O–H groups in total. The number of nitrogens with zero attached hydrogens (tertiary/aromatic N) is 2. The molecule has 4 fully saturated rings. The van der Waals surface area contributed by atoms with Crippen molar-refractivity contribution in [2.45, 2.75) is 82.5 Å². The van der Waals surface area contributed by atoms with Crippen molar-refractivity contribution in [3.8, 4) is 0 Å². The van der Waals surface area contributed by atoms with Crippen LogP contribution in [0.5, 0.6) is 0 Å². The van der Waals surface area contributed by atoms with E-state index in [2.05, 4.69) is 19.0 Å². The van der Waals surface area contributed by atoms with Crippen molar-refractivity contribution >= 4 is 5.91 Å². The molecule has 0 bridgehead atoms. The fourth-order valence-corrected chi connectivity index (χ4v) is 6.89. The summed E-state index contributed by atoms with van der Waals surface area (Å²) < 4.78 is 6.26. The lowest BCUT2D eigenvalue weighted by atomic mass is 9.76. The van der Waals surface area contributed by atoms with Gasteiger partial charge in [-0.2, -0.15) is 0 Å². The van der Waals surface area contributed by atoms with E-state index in [9.17, 15) is 15.0 Å². The van der Waals surface area contributed by atoms with Crippen molar-refractivity contribution in [2.24, 2.45) is 29.6 Å². The SMILES string of the molecule is CN(C)CC1CCC2CN(C(=O)C3C(O)CC(O)CC3OCC3CCCCC3)CC2C1. The monoisotopic (exact) mass is 436 g/mol. The molecule has 0 spiro atoms. The number of likely N-dealkylation sites (tertiary alicyclic amines) is 1. The topological polar surface area (TPSA) is 73.2 Å². The van der Waals surface area contributed by atoms with Crippen LogP contribution in [-0.4, -0.2) is 84.6 Å². The molecule has 0 radical (unpaired) electrons. The maximum absolute atomic E-state index is 13.6. The van der Waals surface area contributed by atoms with Gasteiger partial charge in [0.25, 0.3) is 0 Å². The predicted molar refractivity (Wildman–Crippen MR) is 121 cm³/mol. The number of amides is 1. The van der Waals surface area contributed by atoms with Gasteiger partial charge in [0.2, 0.25) is 5.91 Å². The molecule has 6 nitrogen and oxygen atoms in total.